The number of benzene rings is 1. The van der Waals surface area contributed by atoms with Gasteiger partial charge in [0.15, 0.2) is 5.82 Å². The Morgan fingerprint density at radius 1 is 1.17 bits per heavy atom. The number of hydrogen-bond donors (Lipinski definition) is 1. The molecule has 1 N–H and O–H groups in total. The van der Waals surface area contributed by atoms with E-state index in [0.29, 0.717) is 43.2 Å². The fourth-order valence-corrected chi connectivity index (χ4v) is 3.68. The lowest BCUT2D eigenvalue weighted by Crippen LogP contribution is -2.43. The molecule has 0 bridgehead atoms. The minimum Gasteiger partial charge on any atom is -0.347 e. The van der Waals surface area contributed by atoms with Gasteiger partial charge in [0.2, 0.25) is 11.8 Å². The minimum atomic E-state index is -0.133. The number of nitrogens with zero attached hydrogens (tertiary/aromatic N) is 5. The molecule has 3 aromatic rings. The summed E-state index contributed by atoms with van der Waals surface area (Å²) in [4.78, 5) is 31.3. The summed E-state index contributed by atoms with van der Waals surface area (Å²) >= 11 is 0. The number of carbonyl (C=O) groups is 2. The van der Waals surface area contributed by atoms with Gasteiger partial charge >= 0.3 is 0 Å². The molecule has 0 radical (unpaired) electrons. The maximum atomic E-state index is 13.0. The van der Waals surface area contributed by atoms with Crippen molar-refractivity contribution < 1.29 is 14.1 Å². The molecular formula is C21H24N6O3. The van der Waals surface area contributed by atoms with Crippen LogP contribution in [0.1, 0.15) is 40.6 Å². The number of piperidine rings is 1. The number of amides is 2. The van der Waals surface area contributed by atoms with Crippen molar-refractivity contribution in [3.63, 3.8) is 0 Å². The summed E-state index contributed by atoms with van der Waals surface area (Å²) in [7, 11) is 0. The third-order valence-electron chi connectivity index (χ3n) is 5.38. The van der Waals surface area contributed by atoms with E-state index in [0.717, 1.165) is 11.4 Å². The van der Waals surface area contributed by atoms with E-state index in [9.17, 15) is 9.59 Å². The van der Waals surface area contributed by atoms with Crippen LogP contribution < -0.4 is 5.32 Å². The smallest absolute Gasteiger partial charge is 0.257 e. The topological polar surface area (TPSA) is 106 Å². The molecule has 1 fully saturated rings. The van der Waals surface area contributed by atoms with Gasteiger partial charge in [-0.2, -0.15) is 10.1 Å². The normalized spacial score (nSPS) is 14.7. The van der Waals surface area contributed by atoms with Crippen molar-refractivity contribution >= 4 is 11.8 Å². The van der Waals surface area contributed by atoms with Crippen LogP contribution in [0, 0.1) is 19.8 Å². The van der Waals surface area contributed by atoms with Crippen molar-refractivity contribution in [3.05, 3.63) is 59.5 Å². The highest BCUT2D eigenvalue weighted by Crippen LogP contribution is 2.21. The second kappa shape index (κ2) is 8.48. The third kappa shape index (κ3) is 4.10. The Kier molecular flexibility index (Phi) is 5.60. The van der Waals surface area contributed by atoms with E-state index in [-0.39, 0.29) is 24.3 Å². The summed E-state index contributed by atoms with van der Waals surface area (Å²) in [5.74, 6) is 0.698. The molecule has 9 heteroatoms. The predicted molar refractivity (Wildman–Crippen MR) is 108 cm³/mol. The maximum absolute atomic E-state index is 13.0. The van der Waals surface area contributed by atoms with Gasteiger partial charge in [0.25, 0.3) is 5.91 Å². The van der Waals surface area contributed by atoms with Crippen LogP contribution in [0.5, 0.6) is 0 Å². The Morgan fingerprint density at radius 3 is 2.57 bits per heavy atom. The molecule has 0 unspecified atom stereocenters. The average Bonchev–Trinajstić information content (AvgIpc) is 3.37. The zero-order valence-corrected chi connectivity index (χ0v) is 17.0. The highest BCUT2D eigenvalue weighted by molar-refractivity contribution is 5.95. The summed E-state index contributed by atoms with van der Waals surface area (Å²) in [6.07, 6.45) is 2.86. The van der Waals surface area contributed by atoms with Crippen LogP contribution in [-0.2, 0) is 11.3 Å². The Hall–Kier alpha value is -3.49. The van der Waals surface area contributed by atoms with Crippen molar-refractivity contribution in [1.82, 2.24) is 30.1 Å². The van der Waals surface area contributed by atoms with Gasteiger partial charge in [-0.05, 0) is 38.8 Å². The second-order valence-corrected chi connectivity index (χ2v) is 7.41. The number of aryl methyl sites for hydroxylation is 1. The summed E-state index contributed by atoms with van der Waals surface area (Å²) < 4.78 is 6.78. The number of aromatic nitrogens is 4. The van der Waals surface area contributed by atoms with Crippen LogP contribution in [0.4, 0.5) is 0 Å². The molecule has 3 heterocycles. The van der Waals surface area contributed by atoms with Gasteiger partial charge in [-0.15, -0.1) is 0 Å². The van der Waals surface area contributed by atoms with Crippen LogP contribution in [0.3, 0.4) is 0 Å². The van der Waals surface area contributed by atoms with Crippen molar-refractivity contribution in [2.24, 2.45) is 5.92 Å². The van der Waals surface area contributed by atoms with Crippen molar-refractivity contribution in [3.8, 4) is 5.69 Å². The molecular weight excluding hydrogens is 384 g/mol. The first-order valence-corrected chi connectivity index (χ1v) is 9.99. The van der Waals surface area contributed by atoms with Crippen molar-refractivity contribution in [2.45, 2.75) is 33.2 Å². The maximum Gasteiger partial charge on any atom is 0.257 e. The van der Waals surface area contributed by atoms with E-state index in [1.807, 2.05) is 37.3 Å². The lowest BCUT2D eigenvalue weighted by Gasteiger charge is -2.31. The minimum absolute atomic E-state index is 0.0464. The zero-order valence-electron chi connectivity index (χ0n) is 17.0. The molecule has 0 saturated carbocycles. The van der Waals surface area contributed by atoms with Crippen molar-refractivity contribution in [2.75, 3.05) is 13.1 Å². The number of likely N-dealkylation sites (tertiary alicyclic amines) is 1. The largest absolute Gasteiger partial charge is 0.347 e. The van der Waals surface area contributed by atoms with E-state index in [2.05, 4.69) is 20.6 Å². The van der Waals surface area contributed by atoms with Gasteiger partial charge in [0.05, 0.1) is 29.7 Å². The summed E-state index contributed by atoms with van der Waals surface area (Å²) in [5, 5.41) is 10.9. The first-order valence-electron chi connectivity index (χ1n) is 9.99. The molecule has 0 atom stereocenters. The fourth-order valence-electron chi connectivity index (χ4n) is 3.68. The van der Waals surface area contributed by atoms with E-state index in [1.54, 1.807) is 22.7 Å². The SMILES string of the molecule is Cc1noc(CNC(=O)C2CCN(C(=O)c3cnn(-c4ccccc4)c3C)CC2)n1. The third-order valence-corrected chi connectivity index (χ3v) is 5.38. The van der Waals surface area contributed by atoms with E-state index in [1.165, 1.54) is 0 Å². The van der Waals surface area contributed by atoms with Gasteiger partial charge in [-0.3, -0.25) is 9.59 Å². The molecule has 9 nitrogen and oxygen atoms in total. The molecule has 2 amide bonds. The zero-order chi connectivity index (χ0) is 21.1. The van der Waals surface area contributed by atoms with E-state index >= 15 is 0 Å². The first kappa shape index (κ1) is 19.8. The van der Waals surface area contributed by atoms with Crippen LogP contribution in [0.2, 0.25) is 0 Å². The summed E-state index contributed by atoms with van der Waals surface area (Å²) in [6, 6.07) is 9.72. The molecule has 1 aliphatic heterocycles. The molecule has 30 heavy (non-hydrogen) atoms. The molecule has 1 aliphatic rings. The fraction of sp³-hybridized carbons (Fsp3) is 0.381. The molecule has 1 aromatic carbocycles. The summed E-state index contributed by atoms with van der Waals surface area (Å²) in [5.41, 5.74) is 2.32. The molecule has 1 saturated heterocycles. The molecule has 0 spiro atoms. The molecule has 156 valence electrons. The van der Waals surface area contributed by atoms with Crippen molar-refractivity contribution in [1.29, 1.82) is 0 Å². The second-order valence-electron chi connectivity index (χ2n) is 7.41. The van der Waals surface area contributed by atoms with Gasteiger partial charge in [0.1, 0.15) is 0 Å². The monoisotopic (exact) mass is 408 g/mol. The standard InChI is InChI=1S/C21H24N6O3/c1-14-18(12-23-27(14)17-6-4-3-5-7-17)21(29)26-10-8-16(9-11-26)20(28)22-13-19-24-15(2)25-30-19/h3-7,12,16H,8-11,13H2,1-2H3,(H,22,28). The van der Waals surface area contributed by atoms with Crippen LogP contribution >= 0.6 is 0 Å². The lowest BCUT2D eigenvalue weighted by atomic mass is 9.95. The number of rotatable bonds is 5. The van der Waals surface area contributed by atoms with Gasteiger partial charge in [-0.1, -0.05) is 23.4 Å². The molecule has 4 rings (SSSR count). The van der Waals surface area contributed by atoms with Gasteiger partial charge in [0, 0.05) is 19.0 Å². The number of nitrogens with one attached hydrogen (secondary N) is 1. The average molecular weight is 408 g/mol. The summed E-state index contributed by atoms with van der Waals surface area (Å²) in [6.45, 7) is 4.91. The van der Waals surface area contributed by atoms with Crippen LogP contribution in [-0.4, -0.2) is 49.7 Å². The van der Waals surface area contributed by atoms with E-state index < -0.39 is 0 Å². The Bertz CT molecular complexity index is 1030. The highest BCUT2D eigenvalue weighted by atomic mass is 16.5. The highest BCUT2D eigenvalue weighted by Gasteiger charge is 2.29. The van der Waals surface area contributed by atoms with E-state index in [4.69, 9.17) is 4.52 Å². The van der Waals surface area contributed by atoms with Gasteiger partial charge < -0.3 is 14.7 Å². The Labute approximate surface area is 174 Å². The predicted octanol–water partition coefficient (Wildman–Crippen LogP) is 2.04. The lowest BCUT2D eigenvalue weighted by molar-refractivity contribution is -0.126. The molecule has 2 aromatic heterocycles. The number of hydrogen-bond acceptors (Lipinski definition) is 6. The van der Waals surface area contributed by atoms with Crippen LogP contribution in [0.15, 0.2) is 41.1 Å². The Morgan fingerprint density at radius 2 is 1.90 bits per heavy atom. The quantitative estimate of drug-likeness (QED) is 0.692. The Balaban J connectivity index is 1.33. The number of carbonyl (C=O) groups excluding carboxylic acids is 2. The van der Waals surface area contributed by atoms with Crippen LogP contribution in [0.25, 0.3) is 5.69 Å². The van der Waals surface area contributed by atoms with Gasteiger partial charge in [-0.25, -0.2) is 4.68 Å². The number of para-hydroxylation sites is 1. The first-order chi connectivity index (χ1) is 14.5. The molecule has 0 aliphatic carbocycles.